The monoisotopic (exact) mass is 184 g/mol. The smallest absolute Gasteiger partial charge is 0.344 e. The molecule has 0 radical (unpaired) electrons. The molecule has 0 rings (SSSR count). The van der Waals surface area contributed by atoms with E-state index in [1.165, 1.54) is 14.1 Å². The van der Waals surface area contributed by atoms with E-state index in [2.05, 4.69) is 0 Å². The van der Waals surface area contributed by atoms with Crippen LogP contribution in [0.25, 0.3) is 0 Å². The van der Waals surface area contributed by atoms with Crippen LogP contribution in [0.3, 0.4) is 0 Å². The first kappa shape index (κ1) is 10.8. The van der Waals surface area contributed by atoms with Crippen LogP contribution in [0.15, 0.2) is 0 Å². The third-order valence-corrected chi connectivity index (χ3v) is 3.11. The number of quaternary nitrogens is 1. The highest BCUT2D eigenvalue weighted by Gasteiger charge is 2.37. The summed E-state index contributed by atoms with van der Waals surface area (Å²) >= 11 is 0. The fourth-order valence-corrected chi connectivity index (χ4v) is 1.05. The van der Waals surface area contributed by atoms with Crippen LogP contribution in [0.5, 0.6) is 0 Å². The molecule has 1 atom stereocenters. The van der Waals surface area contributed by atoms with Crippen LogP contribution in [0.2, 0.25) is 0 Å². The predicted molar refractivity (Wildman–Crippen MR) is 40.0 cm³/mol. The lowest BCUT2D eigenvalue weighted by atomic mass is 10.4. The second-order valence-electron chi connectivity index (χ2n) is 2.77. The van der Waals surface area contributed by atoms with Crippen LogP contribution in [0.1, 0.15) is 13.3 Å². The molecule has 0 aromatic heterocycles. The Bertz CT molecular complexity index is 221. The Kier molecular flexibility index (Phi) is 3.01. The Labute approximate surface area is 66.7 Å². The number of hydrogen-bond acceptors (Lipinski definition) is 3. The molecule has 0 aromatic carbocycles. The first-order valence-electron chi connectivity index (χ1n) is 3.22. The molecule has 1 unspecified atom stereocenters. The van der Waals surface area contributed by atoms with Gasteiger partial charge in [-0.1, -0.05) is 6.92 Å². The first-order chi connectivity index (χ1) is 4.73. The van der Waals surface area contributed by atoms with Gasteiger partial charge in [0.15, 0.2) is 0 Å². The van der Waals surface area contributed by atoms with Crippen LogP contribution in [-0.4, -0.2) is 42.3 Å². The van der Waals surface area contributed by atoms with Gasteiger partial charge in [0, 0.05) is 6.42 Å². The van der Waals surface area contributed by atoms with Gasteiger partial charge in [0.25, 0.3) is 0 Å². The molecule has 2 N–H and O–H groups in total. The highest BCUT2D eigenvalue weighted by atomic mass is 32.2. The summed E-state index contributed by atoms with van der Waals surface area (Å²) in [6.45, 7) is 1.63. The molecule has 6 heteroatoms. The Balaban J connectivity index is 4.74. The molecule has 0 aliphatic carbocycles. The van der Waals surface area contributed by atoms with Gasteiger partial charge in [-0.3, -0.25) is 0 Å². The minimum Gasteiger partial charge on any atom is -0.344 e. The lowest BCUT2D eigenvalue weighted by Crippen LogP contribution is -2.52. The van der Waals surface area contributed by atoms with E-state index in [9.17, 15) is 8.42 Å². The quantitative estimate of drug-likeness (QED) is 0.355. The minimum absolute atomic E-state index is 0.271. The summed E-state index contributed by atoms with van der Waals surface area (Å²) in [6.07, 6.45) is -0.822. The van der Waals surface area contributed by atoms with Crippen LogP contribution in [0, 0.1) is 0 Å². The summed E-state index contributed by atoms with van der Waals surface area (Å²) in [5, 5.41) is 9.15. The molecule has 0 spiro atoms. The molecule has 0 aromatic rings. The first-order valence-corrected chi connectivity index (χ1v) is 4.62. The number of rotatable bonds is 3. The molecule has 0 saturated carbocycles. The van der Waals surface area contributed by atoms with E-state index in [1.54, 1.807) is 6.92 Å². The maximum atomic E-state index is 10.6. The van der Waals surface area contributed by atoms with Crippen molar-refractivity contribution in [2.75, 3.05) is 14.1 Å². The van der Waals surface area contributed by atoms with Gasteiger partial charge in [0.2, 0.25) is 6.23 Å². The molecule has 0 heterocycles. The van der Waals surface area contributed by atoms with Gasteiger partial charge < -0.3 is 5.11 Å². The summed E-state index contributed by atoms with van der Waals surface area (Å²) in [6, 6.07) is 0. The number of nitrogens with zero attached hydrogens (tertiary/aromatic N) is 1. The maximum absolute atomic E-state index is 10.6. The molecular formula is C5H14NO4S+. The predicted octanol–water partition coefficient (Wildman–Crippen LogP) is -0.406. The van der Waals surface area contributed by atoms with Crippen molar-refractivity contribution >= 4 is 10.3 Å². The second-order valence-corrected chi connectivity index (χ2v) is 4.61. The molecule has 0 aliphatic rings. The summed E-state index contributed by atoms with van der Waals surface area (Å²) < 4.78 is 29.1. The van der Waals surface area contributed by atoms with Crippen LogP contribution in [-0.2, 0) is 10.3 Å². The zero-order chi connectivity index (χ0) is 9.28. The van der Waals surface area contributed by atoms with Crippen molar-refractivity contribution in [1.29, 1.82) is 0 Å². The van der Waals surface area contributed by atoms with Crippen molar-refractivity contribution in [2.24, 2.45) is 0 Å². The van der Waals surface area contributed by atoms with Crippen LogP contribution >= 0.6 is 0 Å². The molecule has 0 amide bonds. The van der Waals surface area contributed by atoms with Gasteiger partial charge in [-0.15, -0.1) is 8.42 Å². The number of aliphatic hydroxyl groups excluding tert-OH is 1. The normalized spacial score (nSPS) is 16.5. The molecular weight excluding hydrogens is 170 g/mol. The van der Waals surface area contributed by atoms with Crippen LogP contribution < -0.4 is 0 Å². The number of aliphatic hydroxyl groups is 1. The van der Waals surface area contributed by atoms with Gasteiger partial charge in [0.05, 0.1) is 14.1 Å². The third-order valence-electron chi connectivity index (χ3n) is 1.68. The maximum Gasteiger partial charge on any atom is 0.434 e. The zero-order valence-electron chi connectivity index (χ0n) is 6.85. The summed E-state index contributed by atoms with van der Waals surface area (Å²) in [5.74, 6) is 0. The third kappa shape index (κ3) is 2.13. The highest BCUT2D eigenvalue weighted by Crippen LogP contribution is 2.12. The van der Waals surface area contributed by atoms with E-state index in [0.717, 1.165) is 0 Å². The zero-order valence-corrected chi connectivity index (χ0v) is 7.67. The lowest BCUT2D eigenvalue weighted by Gasteiger charge is -2.28. The van der Waals surface area contributed by atoms with Crippen molar-refractivity contribution in [3.05, 3.63) is 0 Å². The van der Waals surface area contributed by atoms with Gasteiger partial charge in [-0.05, 0) is 0 Å². The Morgan fingerprint density at radius 2 is 1.82 bits per heavy atom. The Hall–Kier alpha value is -0.170. The minimum atomic E-state index is -4.23. The van der Waals surface area contributed by atoms with E-state index in [0.29, 0.717) is 0 Å². The van der Waals surface area contributed by atoms with Gasteiger partial charge in [-0.25, -0.2) is 4.55 Å². The van der Waals surface area contributed by atoms with E-state index in [-0.39, 0.29) is 6.42 Å². The largest absolute Gasteiger partial charge is 0.434 e. The second kappa shape index (κ2) is 3.06. The number of hydrogen-bond donors (Lipinski definition) is 2. The van der Waals surface area contributed by atoms with Crippen molar-refractivity contribution in [3.63, 3.8) is 0 Å². The molecule has 0 fully saturated rings. The highest BCUT2D eigenvalue weighted by molar-refractivity contribution is 7.80. The summed E-state index contributed by atoms with van der Waals surface area (Å²) in [4.78, 5) is 0. The van der Waals surface area contributed by atoms with Crippen molar-refractivity contribution < 1.29 is 22.0 Å². The van der Waals surface area contributed by atoms with Gasteiger partial charge in [-0.2, -0.15) is 3.89 Å². The van der Waals surface area contributed by atoms with Gasteiger partial charge >= 0.3 is 10.3 Å². The van der Waals surface area contributed by atoms with E-state index >= 15 is 0 Å². The van der Waals surface area contributed by atoms with E-state index in [4.69, 9.17) is 9.66 Å². The average Bonchev–Trinajstić information content (AvgIpc) is 1.83. The lowest BCUT2D eigenvalue weighted by molar-refractivity contribution is -0.823. The molecule has 68 valence electrons. The Morgan fingerprint density at radius 3 is 1.91 bits per heavy atom. The standard InChI is InChI=1S/C5H13NO4S/c1-4-5(7)6(2,3)11(8,9)10/h5,7H,4H2,1-3H3/p+1. The summed E-state index contributed by atoms with van der Waals surface area (Å²) in [5.41, 5.74) is 0. The van der Waals surface area contributed by atoms with E-state index < -0.39 is 20.4 Å². The fourth-order valence-electron chi connectivity index (χ4n) is 0.593. The van der Waals surface area contributed by atoms with E-state index in [1.807, 2.05) is 0 Å². The van der Waals surface area contributed by atoms with Crippen molar-refractivity contribution in [2.45, 2.75) is 19.6 Å². The SMILES string of the molecule is CCC(O)[N+](C)(C)S(=O)(=O)O. The topological polar surface area (TPSA) is 74.6 Å². The van der Waals surface area contributed by atoms with Gasteiger partial charge in [0.1, 0.15) is 0 Å². The van der Waals surface area contributed by atoms with Crippen molar-refractivity contribution in [3.8, 4) is 0 Å². The van der Waals surface area contributed by atoms with Crippen LogP contribution in [0.4, 0.5) is 0 Å². The fraction of sp³-hybridized carbons (Fsp3) is 1.00. The summed E-state index contributed by atoms with van der Waals surface area (Å²) in [7, 11) is -1.77. The molecule has 0 bridgehead atoms. The molecule has 11 heavy (non-hydrogen) atoms. The average molecular weight is 184 g/mol. The molecule has 5 nitrogen and oxygen atoms in total. The van der Waals surface area contributed by atoms with Crippen molar-refractivity contribution in [1.82, 2.24) is 0 Å². The molecule has 0 saturated heterocycles. The molecule has 0 aliphatic heterocycles. The Morgan fingerprint density at radius 1 is 1.45 bits per heavy atom.